The highest BCUT2D eigenvalue weighted by Crippen LogP contribution is 2.21. The van der Waals surface area contributed by atoms with Crippen LogP contribution < -0.4 is 11.1 Å². The third-order valence-corrected chi connectivity index (χ3v) is 2.92. The molecule has 0 aromatic heterocycles. The summed E-state index contributed by atoms with van der Waals surface area (Å²) in [5, 5.41) is 13.5. The number of nitrogen functional groups attached to an aromatic ring is 1. The molecule has 1 amide bonds. The van der Waals surface area contributed by atoms with Crippen LogP contribution in [0.4, 0.5) is 11.4 Å². The number of carbonyl (C=O) groups excluding carboxylic acids is 1. The molecule has 0 unspecified atom stereocenters. The van der Waals surface area contributed by atoms with Crippen LogP contribution in [0.1, 0.15) is 19.4 Å². The summed E-state index contributed by atoms with van der Waals surface area (Å²) in [6.07, 6.45) is 0. The number of hydrogen-bond acceptors (Lipinski definition) is 5. The van der Waals surface area contributed by atoms with Crippen molar-refractivity contribution in [2.75, 3.05) is 25.4 Å². The van der Waals surface area contributed by atoms with Crippen molar-refractivity contribution in [2.24, 2.45) is 0 Å². The van der Waals surface area contributed by atoms with Crippen molar-refractivity contribution in [1.82, 2.24) is 10.2 Å². The fourth-order valence-electron chi connectivity index (χ4n) is 1.82. The maximum Gasteiger partial charge on any atom is 0.269 e. The van der Waals surface area contributed by atoms with Gasteiger partial charge in [0.25, 0.3) is 5.69 Å². The van der Waals surface area contributed by atoms with Gasteiger partial charge in [-0.2, -0.15) is 0 Å². The van der Waals surface area contributed by atoms with E-state index in [1.54, 1.807) is 0 Å². The zero-order valence-electron chi connectivity index (χ0n) is 11.8. The SMILES string of the molecule is CCNC(=O)CN(CC)Cc1cc([N+](=O)[O-])ccc1N. The molecule has 3 N–H and O–H groups in total. The van der Waals surface area contributed by atoms with Crippen molar-refractivity contribution in [2.45, 2.75) is 20.4 Å². The Bertz CT molecular complexity index is 491. The Hall–Kier alpha value is -2.15. The van der Waals surface area contributed by atoms with Crippen molar-refractivity contribution in [3.63, 3.8) is 0 Å². The fourth-order valence-corrected chi connectivity index (χ4v) is 1.82. The Kier molecular flexibility index (Phi) is 5.92. The Morgan fingerprint density at radius 2 is 2.15 bits per heavy atom. The first kappa shape index (κ1) is 15.9. The molecule has 0 saturated carbocycles. The quantitative estimate of drug-likeness (QED) is 0.443. The van der Waals surface area contributed by atoms with Gasteiger partial charge in [0.15, 0.2) is 0 Å². The Morgan fingerprint density at radius 1 is 1.45 bits per heavy atom. The van der Waals surface area contributed by atoms with Crippen molar-refractivity contribution >= 4 is 17.3 Å². The van der Waals surface area contributed by atoms with Gasteiger partial charge in [0.05, 0.1) is 11.5 Å². The average Bonchev–Trinajstić information content (AvgIpc) is 2.40. The molecular formula is C13H20N4O3. The molecule has 20 heavy (non-hydrogen) atoms. The highest BCUT2D eigenvalue weighted by Gasteiger charge is 2.14. The normalized spacial score (nSPS) is 10.6. The molecule has 7 heteroatoms. The van der Waals surface area contributed by atoms with Gasteiger partial charge in [0.1, 0.15) is 0 Å². The topological polar surface area (TPSA) is 102 Å². The summed E-state index contributed by atoms with van der Waals surface area (Å²) >= 11 is 0. The third-order valence-electron chi connectivity index (χ3n) is 2.92. The molecule has 0 bridgehead atoms. The number of likely N-dealkylation sites (N-methyl/N-ethyl adjacent to an activating group) is 2. The van der Waals surface area contributed by atoms with Crippen LogP contribution in [0.5, 0.6) is 0 Å². The highest BCUT2D eigenvalue weighted by molar-refractivity contribution is 5.77. The Morgan fingerprint density at radius 3 is 2.70 bits per heavy atom. The molecule has 0 radical (unpaired) electrons. The molecule has 0 heterocycles. The van der Waals surface area contributed by atoms with Gasteiger partial charge in [0, 0.05) is 30.9 Å². The summed E-state index contributed by atoms with van der Waals surface area (Å²) < 4.78 is 0. The number of nitro groups is 1. The summed E-state index contributed by atoms with van der Waals surface area (Å²) in [5.41, 5.74) is 6.98. The molecule has 1 rings (SSSR count). The molecule has 1 aromatic rings. The molecule has 0 aliphatic heterocycles. The van der Waals surface area contributed by atoms with Gasteiger partial charge in [-0.1, -0.05) is 6.92 Å². The molecule has 0 aliphatic carbocycles. The van der Waals surface area contributed by atoms with Crippen LogP contribution in [0.15, 0.2) is 18.2 Å². The smallest absolute Gasteiger partial charge is 0.269 e. The Balaban J connectivity index is 2.81. The molecule has 7 nitrogen and oxygen atoms in total. The van der Waals surface area contributed by atoms with Crippen LogP contribution in [0.3, 0.4) is 0 Å². The second kappa shape index (κ2) is 7.44. The Labute approximate surface area is 117 Å². The van der Waals surface area contributed by atoms with Crippen molar-refractivity contribution in [3.05, 3.63) is 33.9 Å². The summed E-state index contributed by atoms with van der Waals surface area (Å²) in [7, 11) is 0. The zero-order chi connectivity index (χ0) is 15.1. The number of amides is 1. The van der Waals surface area contributed by atoms with Gasteiger partial charge in [-0.15, -0.1) is 0 Å². The zero-order valence-corrected chi connectivity index (χ0v) is 11.8. The number of hydrogen-bond donors (Lipinski definition) is 2. The van der Waals surface area contributed by atoms with E-state index in [0.717, 1.165) is 0 Å². The predicted octanol–water partition coefficient (Wildman–Crippen LogP) is 1.13. The van der Waals surface area contributed by atoms with Crippen molar-refractivity contribution in [3.8, 4) is 0 Å². The summed E-state index contributed by atoms with van der Waals surface area (Å²) in [6, 6.07) is 4.35. The number of rotatable bonds is 7. The van der Waals surface area contributed by atoms with Gasteiger partial charge in [0.2, 0.25) is 5.91 Å². The molecule has 0 spiro atoms. The van der Waals surface area contributed by atoms with Crippen LogP contribution in [0.25, 0.3) is 0 Å². The number of non-ortho nitro benzene ring substituents is 1. The molecule has 0 atom stereocenters. The van der Waals surface area contributed by atoms with E-state index < -0.39 is 4.92 Å². The van der Waals surface area contributed by atoms with Gasteiger partial charge < -0.3 is 11.1 Å². The van der Waals surface area contributed by atoms with E-state index in [-0.39, 0.29) is 18.1 Å². The second-order valence-electron chi connectivity index (χ2n) is 4.40. The van der Waals surface area contributed by atoms with E-state index >= 15 is 0 Å². The predicted molar refractivity (Wildman–Crippen MR) is 77.1 cm³/mol. The van der Waals surface area contributed by atoms with Crippen molar-refractivity contribution < 1.29 is 9.72 Å². The highest BCUT2D eigenvalue weighted by atomic mass is 16.6. The minimum atomic E-state index is -0.455. The summed E-state index contributed by atoms with van der Waals surface area (Å²) in [4.78, 5) is 23.8. The minimum absolute atomic E-state index is 0.00302. The first-order valence-corrected chi connectivity index (χ1v) is 6.49. The lowest BCUT2D eigenvalue weighted by Crippen LogP contribution is -2.36. The lowest BCUT2D eigenvalue weighted by Gasteiger charge is -2.20. The molecule has 0 saturated heterocycles. The number of anilines is 1. The third kappa shape index (κ3) is 4.51. The molecule has 110 valence electrons. The maximum absolute atomic E-state index is 11.6. The van der Waals surface area contributed by atoms with Gasteiger partial charge in [-0.3, -0.25) is 19.8 Å². The molecular weight excluding hydrogens is 260 g/mol. The summed E-state index contributed by atoms with van der Waals surface area (Å²) in [6.45, 7) is 5.65. The van der Waals surface area contributed by atoms with E-state index in [2.05, 4.69) is 5.32 Å². The number of nitrogens with two attached hydrogens (primary N) is 1. The van der Waals surface area contributed by atoms with Crippen LogP contribution in [0.2, 0.25) is 0 Å². The monoisotopic (exact) mass is 280 g/mol. The number of benzene rings is 1. The number of nitrogens with one attached hydrogen (secondary N) is 1. The van der Waals surface area contributed by atoms with E-state index in [1.807, 2.05) is 18.7 Å². The molecule has 1 aromatic carbocycles. The van der Waals surface area contributed by atoms with Gasteiger partial charge >= 0.3 is 0 Å². The van der Waals surface area contributed by atoms with Crippen LogP contribution in [-0.2, 0) is 11.3 Å². The molecule has 0 fully saturated rings. The van der Waals surface area contributed by atoms with Gasteiger partial charge in [-0.05, 0) is 25.1 Å². The number of carbonyl (C=O) groups is 1. The van der Waals surface area contributed by atoms with Crippen LogP contribution >= 0.6 is 0 Å². The van der Waals surface area contributed by atoms with E-state index in [9.17, 15) is 14.9 Å². The van der Waals surface area contributed by atoms with Crippen LogP contribution in [0, 0.1) is 10.1 Å². The average molecular weight is 280 g/mol. The summed E-state index contributed by atoms with van der Waals surface area (Å²) in [5.74, 6) is -0.0710. The maximum atomic E-state index is 11.6. The number of nitro benzene ring substituents is 1. The largest absolute Gasteiger partial charge is 0.398 e. The lowest BCUT2D eigenvalue weighted by molar-refractivity contribution is -0.384. The van der Waals surface area contributed by atoms with E-state index in [0.29, 0.717) is 30.9 Å². The first-order valence-electron chi connectivity index (χ1n) is 6.49. The minimum Gasteiger partial charge on any atom is -0.398 e. The van der Waals surface area contributed by atoms with Crippen molar-refractivity contribution in [1.29, 1.82) is 0 Å². The number of nitrogens with zero attached hydrogens (tertiary/aromatic N) is 2. The fraction of sp³-hybridized carbons (Fsp3) is 0.462. The lowest BCUT2D eigenvalue weighted by atomic mass is 10.1. The van der Waals surface area contributed by atoms with E-state index in [4.69, 9.17) is 5.73 Å². The van der Waals surface area contributed by atoms with E-state index in [1.165, 1.54) is 18.2 Å². The molecule has 0 aliphatic rings. The van der Waals surface area contributed by atoms with Crippen LogP contribution in [-0.4, -0.2) is 35.4 Å². The standard InChI is InChI=1S/C13H20N4O3/c1-3-15-13(18)9-16(4-2)8-10-7-11(17(19)20)5-6-12(10)14/h5-7H,3-4,8-9,14H2,1-2H3,(H,15,18). The second-order valence-corrected chi connectivity index (χ2v) is 4.40. The van der Waals surface area contributed by atoms with Gasteiger partial charge in [-0.25, -0.2) is 0 Å². The first-order chi connectivity index (χ1) is 9.47.